The van der Waals surface area contributed by atoms with Gasteiger partial charge in [-0.1, -0.05) is 17.8 Å². The average molecular weight is 531 g/mol. The monoisotopic (exact) mass is 530 g/mol. The zero-order chi connectivity index (χ0) is 24.0. The Morgan fingerprint density at radius 3 is 2.58 bits per heavy atom. The zero-order valence-electron chi connectivity index (χ0n) is 19.1. The van der Waals surface area contributed by atoms with E-state index in [1.165, 1.54) is 29.8 Å². The van der Waals surface area contributed by atoms with E-state index in [0.717, 1.165) is 22.4 Å². The van der Waals surface area contributed by atoms with Crippen LogP contribution in [0.25, 0.3) is 5.69 Å². The number of hydrogen-bond acceptors (Lipinski definition) is 6. The topological polar surface area (TPSA) is 86.1 Å². The number of carbonyl (C=O) groups excluding carboxylic acids is 2. The Bertz CT molecular complexity index is 1160. The summed E-state index contributed by atoms with van der Waals surface area (Å²) in [6.07, 6.45) is 1.40. The standard InChI is InChI=1S/C24H27BrN4O3S/c1-15-7-9-19(12-16(15)2)29-23(6-5-11-26-17(3)30)27-28-24(29)33-14-21(31)18-8-10-22(32-4)20(25)13-18/h7-10,12-13H,5-6,11,14H2,1-4H3,(H,26,30). The molecule has 0 aliphatic rings. The Balaban J connectivity index is 1.81. The van der Waals surface area contributed by atoms with Gasteiger partial charge in [0.1, 0.15) is 11.6 Å². The first-order valence-electron chi connectivity index (χ1n) is 10.6. The number of nitrogens with one attached hydrogen (secondary N) is 1. The molecular weight excluding hydrogens is 504 g/mol. The third-order valence-electron chi connectivity index (χ3n) is 5.21. The first kappa shape index (κ1) is 25.0. The fourth-order valence-electron chi connectivity index (χ4n) is 3.24. The van der Waals surface area contributed by atoms with Crippen molar-refractivity contribution in [3.8, 4) is 11.4 Å². The third-order valence-corrected chi connectivity index (χ3v) is 6.75. The van der Waals surface area contributed by atoms with Gasteiger partial charge in [-0.2, -0.15) is 0 Å². The van der Waals surface area contributed by atoms with E-state index in [1.54, 1.807) is 25.3 Å². The van der Waals surface area contributed by atoms with Crippen LogP contribution in [0, 0.1) is 13.8 Å². The van der Waals surface area contributed by atoms with Crippen LogP contribution in [0.3, 0.4) is 0 Å². The molecule has 0 aliphatic carbocycles. The SMILES string of the molecule is COc1ccc(C(=O)CSc2nnc(CCCNC(C)=O)n2-c2ccc(C)c(C)c2)cc1Br. The van der Waals surface area contributed by atoms with Crippen molar-refractivity contribution in [1.29, 1.82) is 0 Å². The number of carbonyl (C=O) groups is 2. The fraction of sp³-hybridized carbons (Fsp3) is 0.333. The van der Waals surface area contributed by atoms with Gasteiger partial charge >= 0.3 is 0 Å². The largest absolute Gasteiger partial charge is 0.496 e. The molecule has 1 heterocycles. The van der Waals surface area contributed by atoms with Crippen LogP contribution in [0.15, 0.2) is 46.0 Å². The van der Waals surface area contributed by atoms with E-state index in [0.29, 0.717) is 29.4 Å². The number of hydrogen-bond donors (Lipinski definition) is 1. The smallest absolute Gasteiger partial charge is 0.216 e. The highest BCUT2D eigenvalue weighted by Crippen LogP contribution is 2.28. The molecule has 0 bridgehead atoms. The first-order chi connectivity index (χ1) is 15.8. The molecule has 0 aliphatic heterocycles. The number of Topliss-reactive ketones (excluding diaryl/α,β-unsaturated/α-hetero) is 1. The lowest BCUT2D eigenvalue weighted by atomic mass is 10.1. The van der Waals surface area contributed by atoms with Gasteiger partial charge in [0, 0.05) is 31.1 Å². The van der Waals surface area contributed by atoms with E-state index in [9.17, 15) is 9.59 Å². The van der Waals surface area contributed by atoms with Gasteiger partial charge in [0.05, 0.1) is 17.3 Å². The molecule has 7 nitrogen and oxygen atoms in total. The molecule has 0 atom stereocenters. The summed E-state index contributed by atoms with van der Waals surface area (Å²) in [4.78, 5) is 24.0. The number of aryl methyl sites for hydroxylation is 3. The van der Waals surface area contributed by atoms with Crippen molar-refractivity contribution in [3.63, 3.8) is 0 Å². The van der Waals surface area contributed by atoms with E-state index in [-0.39, 0.29) is 17.4 Å². The summed E-state index contributed by atoms with van der Waals surface area (Å²) >= 11 is 4.79. The van der Waals surface area contributed by atoms with Gasteiger partial charge < -0.3 is 10.1 Å². The molecule has 0 saturated carbocycles. The molecule has 174 valence electrons. The van der Waals surface area contributed by atoms with Gasteiger partial charge in [-0.05, 0) is 77.7 Å². The molecule has 0 radical (unpaired) electrons. The molecule has 1 amide bonds. The Morgan fingerprint density at radius 2 is 1.91 bits per heavy atom. The van der Waals surface area contributed by atoms with Crippen molar-refractivity contribution in [3.05, 3.63) is 63.4 Å². The molecule has 0 spiro atoms. The molecule has 9 heteroatoms. The van der Waals surface area contributed by atoms with Crippen LogP contribution in [0.1, 0.15) is 40.7 Å². The predicted molar refractivity (Wildman–Crippen MR) is 134 cm³/mol. The second kappa shape index (κ2) is 11.5. The van der Waals surface area contributed by atoms with Gasteiger partial charge in [-0.3, -0.25) is 14.2 Å². The molecule has 0 unspecified atom stereocenters. The highest BCUT2D eigenvalue weighted by atomic mass is 79.9. The van der Waals surface area contributed by atoms with Crippen molar-refractivity contribution in [2.24, 2.45) is 0 Å². The van der Waals surface area contributed by atoms with Gasteiger partial charge in [-0.25, -0.2) is 0 Å². The average Bonchev–Trinajstić information content (AvgIpc) is 3.19. The number of aromatic nitrogens is 3. The van der Waals surface area contributed by atoms with Gasteiger partial charge in [0.2, 0.25) is 5.91 Å². The third kappa shape index (κ3) is 6.45. The molecule has 1 aromatic heterocycles. The molecule has 0 saturated heterocycles. The summed E-state index contributed by atoms with van der Waals surface area (Å²) in [7, 11) is 1.59. The van der Waals surface area contributed by atoms with Gasteiger partial charge in [-0.15, -0.1) is 10.2 Å². The Morgan fingerprint density at radius 1 is 1.12 bits per heavy atom. The van der Waals surface area contributed by atoms with Crippen molar-refractivity contribution in [2.45, 2.75) is 38.8 Å². The van der Waals surface area contributed by atoms with Crippen LogP contribution in [0.2, 0.25) is 0 Å². The maximum absolute atomic E-state index is 12.8. The summed E-state index contributed by atoms with van der Waals surface area (Å²) in [5.74, 6) is 1.65. The molecule has 2 aromatic carbocycles. The van der Waals surface area contributed by atoms with Crippen LogP contribution in [0.4, 0.5) is 0 Å². The predicted octanol–water partition coefficient (Wildman–Crippen LogP) is 4.70. The Hall–Kier alpha value is -2.65. The van der Waals surface area contributed by atoms with Crippen LogP contribution in [-0.2, 0) is 11.2 Å². The van der Waals surface area contributed by atoms with Crippen LogP contribution >= 0.6 is 27.7 Å². The molecule has 3 aromatic rings. The number of ketones is 1. The van der Waals surface area contributed by atoms with Crippen LogP contribution in [-0.4, -0.2) is 45.9 Å². The van der Waals surface area contributed by atoms with Crippen molar-refractivity contribution < 1.29 is 14.3 Å². The van der Waals surface area contributed by atoms with E-state index < -0.39 is 0 Å². The maximum Gasteiger partial charge on any atom is 0.216 e. The molecule has 33 heavy (non-hydrogen) atoms. The minimum Gasteiger partial charge on any atom is -0.496 e. The second-order valence-electron chi connectivity index (χ2n) is 7.65. The van der Waals surface area contributed by atoms with Crippen molar-refractivity contribution in [2.75, 3.05) is 19.4 Å². The second-order valence-corrected chi connectivity index (χ2v) is 9.45. The number of halogens is 1. The minimum atomic E-state index is -0.0504. The zero-order valence-corrected chi connectivity index (χ0v) is 21.5. The Labute approximate surface area is 206 Å². The van der Waals surface area contributed by atoms with Gasteiger partial charge in [0.25, 0.3) is 0 Å². The Kier molecular flexibility index (Phi) is 8.68. The van der Waals surface area contributed by atoms with E-state index in [2.05, 4.69) is 57.4 Å². The number of amides is 1. The normalized spacial score (nSPS) is 10.8. The summed E-state index contributed by atoms with van der Waals surface area (Å²) < 4.78 is 7.98. The van der Waals surface area contributed by atoms with Gasteiger partial charge in [0.15, 0.2) is 10.9 Å². The number of benzene rings is 2. The summed E-state index contributed by atoms with van der Waals surface area (Å²) in [5.41, 5.74) is 3.93. The minimum absolute atomic E-state index is 0.00908. The lowest BCUT2D eigenvalue weighted by Crippen LogP contribution is -2.21. The lowest BCUT2D eigenvalue weighted by Gasteiger charge is -2.12. The first-order valence-corrected chi connectivity index (χ1v) is 12.3. The number of methoxy groups -OCH3 is 1. The molecule has 3 rings (SSSR count). The number of nitrogens with zero attached hydrogens (tertiary/aromatic N) is 3. The molecular formula is C24H27BrN4O3S. The van der Waals surface area contributed by atoms with E-state index >= 15 is 0 Å². The summed E-state index contributed by atoms with van der Waals surface area (Å²) in [6, 6.07) is 11.5. The van der Waals surface area contributed by atoms with Crippen LogP contribution in [0.5, 0.6) is 5.75 Å². The maximum atomic E-state index is 12.8. The molecule has 1 N–H and O–H groups in total. The van der Waals surface area contributed by atoms with Crippen molar-refractivity contribution >= 4 is 39.4 Å². The van der Waals surface area contributed by atoms with E-state index in [1.807, 2.05) is 10.6 Å². The van der Waals surface area contributed by atoms with E-state index in [4.69, 9.17) is 4.74 Å². The summed E-state index contributed by atoms with van der Waals surface area (Å²) in [5, 5.41) is 12.2. The highest BCUT2D eigenvalue weighted by Gasteiger charge is 2.17. The fourth-order valence-corrected chi connectivity index (χ4v) is 4.65. The van der Waals surface area contributed by atoms with Crippen LogP contribution < -0.4 is 10.1 Å². The molecule has 0 fully saturated rings. The van der Waals surface area contributed by atoms with Crippen molar-refractivity contribution in [1.82, 2.24) is 20.1 Å². The number of ether oxygens (including phenoxy) is 1. The summed E-state index contributed by atoms with van der Waals surface area (Å²) in [6.45, 7) is 6.21. The highest BCUT2D eigenvalue weighted by molar-refractivity contribution is 9.10. The quantitative estimate of drug-likeness (QED) is 0.232. The number of rotatable bonds is 10. The lowest BCUT2D eigenvalue weighted by molar-refractivity contribution is -0.118. The number of thioether (sulfide) groups is 1.